The minimum Gasteiger partial charge on any atom is -0.351 e. The predicted octanol–water partition coefficient (Wildman–Crippen LogP) is 5.39. The van der Waals surface area contributed by atoms with E-state index in [9.17, 15) is 0 Å². The number of halogens is 1. The Labute approximate surface area is 164 Å². The lowest BCUT2D eigenvalue weighted by Gasteiger charge is -2.27. The lowest BCUT2D eigenvalue weighted by molar-refractivity contribution is 0.575. The molecular formula is C19H16BrN3S2. The number of thiophene rings is 1. The summed E-state index contributed by atoms with van der Waals surface area (Å²) in [6.07, 6.45) is 1.83. The van der Waals surface area contributed by atoms with Gasteiger partial charge in [-0.1, -0.05) is 23.8 Å². The molecule has 4 rings (SSSR count). The van der Waals surface area contributed by atoms with E-state index in [0.717, 1.165) is 21.0 Å². The third kappa shape index (κ3) is 3.21. The summed E-state index contributed by atoms with van der Waals surface area (Å²) in [4.78, 5) is 8.01. The number of benzene rings is 1. The molecule has 6 heteroatoms. The summed E-state index contributed by atoms with van der Waals surface area (Å²) in [6, 6.07) is 16.7. The van der Waals surface area contributed by atoms with E-state index in [2.05, 4.69) is 79.8 Å². The second-order valence-electron chi connectivity index (χ2n) is 6.00. The molecule has 1 aromatic carbocycles. The van der Waals surface area contributed by atoms with Gasteiger partial charge in [0.1, 0.15) is 0 Å². The van der Waals surface area contributed by atoms with Crippen molar-refractivity contribution in [1.29, 1.82) is 0 Å². The van der Waals surface area contributed by atoms with Gasteiger partial charge in [0.2, 0.25) is 0 Å². The van der Waals surface area contributed by atoms with Crippen LogP contribution in [-0.4, -0.2) is 10.1 Å². The first-order valence-electron chi connectivity index (χ1n) is 7.95. The average Bonchev–Trinajstić information content (AvgIpc) is 3.20. The largest absolute Gasteiger partial charge is 0.351 e. The molecule has 126 valence electrons. The molecule has 1 N–H and O–H groups in total. The highest BCUT2D eigenvalue weighted by atomic mass is 79.9. The third-order valence-corrected chi connectivity index (χ3v) is 6.37. The second kappa shape index (κ2) is 6.86. The normalized spacial score (nSPS) is 19.9. The van der Waals surface area contributed by atoms with Crippen LogP contribution in [0.3, 0.4) is 0 Å². The zero-order valence-electron chi connectivity index (χ0n) is 13.5. The number of pyridine rings is 1. The van der Waals surface area contributed by atoms with Crippen LogP contribution in [0.1, 0.15) is 28.2 Å². The molecule has 1 aliphatic heterocycles. The molecule has 3 heterocycles. The van der Waals surface area contributed by atoms with Gasteiger partial charge in [0, 0.05) is 26.6 Å². The molecule has 0 unspecified atom stereocenters. The number of aromatic nitrogens is 1. The lowest BCUT2D eigenvalue weighted by Crippen LogP contribution is -2.29. The molecule has 0 amide bonds. The van der Waals surface area contributed by atoms with Crippen LogP contribution < -0.4 is 10.2 Å². The van der Waals surface area contributed by atoms with Crippen LogP contribution in [0.25, 0.3) is 0 Å². The Morgan fingerprint density at radius 2 is 2.00 bits per heavy atom. The van der Waals surface area contributed by atoms with Gasteiger partial charge in [-0.2, -0.15) is 0 Å². The highest BCUT2D eigenvalue weighted by Crippen LogP contribution is 2.43. The molecule has 0 bridgehead atoms. The van der Waals surface area contributed by atoms with E-state index in [1.807, 2.05) is 18.3 Å². The maximum Gasteiger partial charge on any atom is 0.174 e. The van der Waals surface area contributed by atoms with Crippen LogP contribution in [0.5, 0.6) is 0 Å². The van der Waals surface area contributed by atoms with Crippen LogP contribution in [0.15, 0.2) is 64.6 Å². The molecule has 3 aromatic rings. The second-order valence-corrected chi connectivity index (χ2v) is 8.24. The summed E-state index contributed by atoms with van der Waals surface area (Å²) in [7, 11) is 0. The van der Waals surface area contributed by atoms with Gasteiger partial charge in [0.25, 0.3) is 0 Å². The smallest absolute Gasteiger partial charge is 0.174 e. The molecule has 1 aliphatic rings. The minimum atomic E-state index is 0.0144. The number of anilines is 1. The number of nitrogens with one attached hydrogen (secondary N) is 1. The van der Waals surface area contributed by atoms with Gasteiger partial charge in [-0.15, -0.1) is 11.3 Å². The van der Waals surface area contributed by atoms with Crippen molar-refractivity contribution in [3.8, 4) is 0 Å². The molecule has 2 atom stereocenters. The summed E-state index contributed by atoms with van der Waals surface area (Å²) in [5.41, 5.74) is 3.32. The number of rotatable bonds is 3. The summed E-state index contributed by atoms with van der Waals surface area (Å²) in [5.74, 6) is 0. The summed E-state index contributed by atoms with van der Waals surface area (Å²) in [6.45, 7) is 2.09. The topological polar surface area (TPSA) is 28.2 Å². The monoisotopic (exact) mass is 429 g/mol. The van der Waals surface area contributed by atoms with Gasteiger partial charge in [-0.3, -0.25) is 4.98 Å². The fourth-order valence-electron chi connectivity index (χ4n) is 3.11. The Kier molecular flexibility index (Phi) is 4.58. The average molecular weight is 430 g/mol. The summed E-state index contributed by atoms with van der Waals surface area (Å²) >= 11 is 11.0. The van der Waals surface area contributed by atoms with Crippen LogP contribution in [0, 0.1) is 6.92 Å². The van der Waals surface area contributed by atoms with E-state index >= 15 is 0 Å². The maximum absolute atomic E-state index is 5.70. The van der Waals surface area contributed by atoms with E-state index in [1.54, 1.807) is 11.3 Å². The fourth-order valence-corrected chi connectivity index (χ4v) is 5.03. The number of hydrogen-bond acceptors (Lipinski definition) is 3. The number of nitrogens with zero attached hydrogens (tertiary/aromatic N) is 2. The molecule has 0 spiro atoms. The molecule has 0 saturated carbocycles. The highest BCUT2D eigenvalue weighted by molar-refractivity contribution is 9.10. The van der Waals surface area contributed by atoms with E-state index in [1.165, 1.54) is 10.4 Å². The van der Waals surface area contributed by atoms with E-state index in [0.29, 0.717) is 0 Å². The lowest BCUT2D eigenvalue weighted by atomic mass is 10.0. The Balaban J connectivity index is 1.81. The van der Waals surface area contributed by atoms with Gasteiger partial charge in [-0.25, -0.2) is 0 Å². The van der Waals surface area contributed by atoms with Gasteiger partial charge in [0.05, 0.1) is 17.8 Å². The van der Waals surface area contributed by atoms with E-state index in [-0.39, 0.29) is 12.1 Å². The molecule has 2 aromatic heterocycles. The minimum absolute atomic E-state index is 0.0144. The van der Waals surface area contributed by atoms with Crippen molar-refractivity contribution in [2.45, 2.75) is 19.0 Å². The molecular weight excluding hydrogens is 414 g/mol. The van der Waals surface area contributed by atoms with Gasteiger partial charge in [0.15, 0.2) is 5.11 Å². The molecule has 1 fully saturated rings. The van der Waals surface area contributed by atoms with Crippen molar-refractivity contribution in [3.63, 3.8) is 0 Å². The Hall–Kier alpha value is -1.76. The van der Waals surface area contributed by atoms with Gasteiger partial charge >= 0.3 is 0 Å². The van der Waals surface area contributed by atoms with Crippen molar-refractivity contribution in [2.24, 2.45) is 0 Å². The maximum atomic E-state index is 5.70. The van der Waals surface area contributed by atoms with Crippen LogP contribution in [0.4, 0.5) is 5.69 Å². The van der Waals surface area contributed by atoms with E-state index < -0.39 is 0 Å². The van der Waals surface area contributed by atoms with Crippen LogP contribution in [-0.2, 0) is 0 Å². The molecule has 25 heavy (non-hydrogen) atoms. The standard InChI is InChI=1S/C19H16BrN3S2/c1-12-5-7-14(8-6-12)23-18(16-10-13(20)11-25-16)17(22-19(23)24)15-4-2-3-9-21-15/h2-11,17-18H,1H3,(H,22,24)/t17-,18-/m0/s1. The third-order valence-electron chi connectivity index (χ3n) is 4.29. The van der Waals surface area contributed by atoms with Crippen LogP contribution >= 0.6 is 39.5 Å². The first-order valence-corrected chi connectivity index (χ1v) is 10.0. The first kappa shape index (κ1) is 16.7. The summed E-state index contributed by atoms with van der Waals surface area (Å²) in [5, 5.41) is 6.32. The van der Waals surface area contributed by atoms with Crippen molar-refractivity contribution in [3.05, 3.63) is 80.7 Å². The molecule has 1 saturated heterocycles. The number of thiocarbonyl (C=S) groups is 1. The number of hydrogen-bond donors (Lipinski definition) is 1. The Morgan fingerprint density at radius 1 is 1.20 bits per heavy atom. The molecule has 0 radical (unpaired) electrons. The fraction of sp³-hybridized carbons (Fsp3) is 0.158. The van der Waals surface area contributed by atoms with Gasteiger partial charge in [-0.05, 0) is 65.4 Å². The van der Waals surface area contributed by atoms with Crippen molar-refractivity contribution < 1.29 is 0 Å². The predicted molar refractivity (Wildman–Crippen MR) is 111 cm³/mol. The van der Waals surface area contributed by atoms with Crippen molar-refractivity contribution >= 4 is 50.3 Å². The Bertz CT molecular complexity index is 893. The SMILES string of the molecule is Cc1ccc(N2C(=S)N[C@@H](c3ccccn3)[C@@H]2c2cc(Br)cs2)cc1. The zero-order valence-corrected chi connectivity index (χ0v) is 16.7. The van der Waals surface area contributed by atoms with E-state index in [4.69, 9.17) is 12.2 Å². The first-order chi connectivity index (χ1) is 12.1. The van der Waals surface area contributed by atoms with Crippen molar-refractivity contribution in [1.82, 2.24) is 10.3 Å². The van der Waals surface area contributed by atoms with Crippen LogP contribution in [0.2, 0.25) is 0 Å². The zero-order chi connectivity index (χ0) is 17.4. The van der Waals surface area contributed by atoms with Crippen molar-refractivity contribution in [2.75, 3.05) is 4.90 Å². The highest BCUT2D eigenvalue weighted by Gasteiger charge is 2.41. The summed E-state index contributed by atoms with van der Waals surface area (Å²) < 4.78 is 1.09. The quantitative estimate of drug-likeness (QED) is 0.564. The molecule has 3 nitrogen and oxygen atoms in total. The van der Waals surface area contributed by atoms with Gasteiger partial charge < -0.3 is 10.2 Å². The molecule has 0 aliphatic carbocycles. The Morgan fingerprint density at radius 3 is 2.64 bits per heavy atom. The number of aryl methyl sites for hydroxylation is 1.